The molecule has 1 N–H and O–H groups in total. The maximum atomic E-state index is 12.1. The van der Waals surface area contributed by atoms with E-state index < -0.39 is 5.97 Å². The van der Waals surface area contributed by atoms with Crippen LogP contribution in [0, 0.1) is 19.8 Å². The second kappa shape index (κ2) is 9.63. The van der Waals surface area contributed by atoms with E-state index in [0.29, 0.717) is 12.5 Å². The average Bonchev–Trinajstić information content (AvgIpc) is 3.30. The summed E-state index contributed by atoms with van der Waals surface area (Å²) in [6.45, 7) is 6.57. The van der Waals surface area contributed by atoms with Gasteiger partial charge in [0.05, 0.1) is 12.8 Å². The van der Waals surface area contributed by atoms with Crippen molar-refractivity contribution in [2.75, 3.05) is 6.61 Å². The molecule has 29 heavy (non-hydrogen) atoms. The summed E-state index contributed by atoms with van der Waals surface area (Å²) >= 11 is 0. The number of amides is 1. The summed E-state index contributed by atoms with van der Waals surface area (Å²) in [6, 6.07) is 6.00. The van der Waals surface area contributed by atoms with Crippen molar-refractivity contribution in [1.29, 1.82) is 0 Å². The fraction of sp³-hybridized carbons (Fsp3) is 0.478. The van der Waals surface area contributed by atoms with Gasteiger partial charge in [-0.2, -0.15) is 0 Å². The zero-order chi connectivity index (χ0) is 20.8. The molecule has 0 spiro atoms. The average molecular weight is 399 g/mol. The fourth-order valence-electron chi connectivity index (χ4n) is 3.92. The quantitative estimate of drug-likeness (QED) is 0.565. The molecular weight excluding hydrogens is 368 g/mol. The summed E-state index contributed by atoms with van der Waals surface area (Å²) < 4.78 is 12.7. The smallest absolute Gasteiger partial charge is 0.331 e. The molecule has 2 aromatic rings. The van der Waals surface area contributed by atoms with Gasteiger partial charge in [0, 0.05) is 23.5 Å². The molecule has 1 aliphatic carbocycles. The number of rotatable bonds is 7. The number of carbonyl (C=O) groups is 2. The lowest BCUT2D eigenvalue weighted by atomic mass is 9.86. The minimum Gasteiger partial charge on any atom is -0.467 e. The Balaban J connectivity index is 1.50. The second-order valence-electron chi connectivity index (χ2n) is 7.87. The number of nitrogens with zero attached hydrogens (tertiary/aromatic N) is 1. The van der Waals surface area contributed by atoms with E-state index in [1.807, 2.05) is 32.0 Å². The van der Waals surface area contributed by atoms with Crippen molar-refractivity contribution in [3.63, 3.8) is 0 Å². The van der Waals surface area contributed by atoms with Crippen molar-refractivity contribution < 1.29 is 18.7 Å². The van der Waals surface area contributed by atoms with E-state index in [4.69, 9.17) is 9.15 Å². The first kappa shape index (κ1) is 21.0. The van der Waals surface area contributed by atoms with E-state index in [9.17, 15) is 9.59 Å². The van der Waals surface area contributed by atoms with Gasteiger partial charge in [-0.25, -0.2) is 4.79 Å². The lowest BCUT2D eigenvalue weighted by Gasteiger charge is -2.29. The summed E-state index contributed by atoms with van der Waals surface area (Å²) in [4.78, 5) is 24.1. The molecule has 0 saturated heterocycles. The van der Waals surface area contributed by atoms with E-state index in [-0.39, 0.29) is 18.6 Å². The predicted molar refractivity (Wildman–Crippen MR) is 111 cm³/mol. The monoisotopic (exact) mass is 398 g/mol. The zero-order valence-electron chi connectivity index (χ0n) is 17.4. The first-order chi connectivity index (χ1) is 13.9. The number of carbonyl (C=O) groups excluding carboxylic acids is 2. The lowest BCUT2D eigenvalue weighted by Crippen LogP contribution is -2.42. The lowest BCUT2D eigenvalue weighted by molar-refractivity contribution is -0.144. The molecule has 0 aliphatic heterocycles. The molecule has 2 heterocycles. The van der Waals surface area contributed by atoms with Crippen molar-refractivity contribution >= 4 is 18.0 Å². The second-order valence-corrected chi connectivity index (χ2v) is 7.87. The molecule has 0 bridgehead atoms. The molecule has 0 aromatic carbocycles. The van der Waals surface area contributed by atoms with Crippen LogP contribution in [0.25, 0.3) is 6.08 Å². The fourth-order valence-corrected chi connectivity index (χ4v) is 3.92. The zero-order valence-corrected chi connectivity index (χ0v) is 17.4. The molecule has 3 rings (SSSR count). The van der Waals surface area contributed by atoms with Crippen LogP contribution in [-0.4, -0.2) is 29.1 Å². The van der Waals surface area contributed by atoms with E-state index in [1.165, 1.54) is 12.5 Å². The first-order valence-corrected chi connectivity index (χ1v) is 10.3. The predicted octanol–water partition coefficient (Wildman–Crippen LogP) is 4.00. The van der Waals surface area contributed by atoms with Gasteiger partial charge in [-0.3, -0.25) is 4.79 Å². The Morgan fingerprint density at radius 3 is 2.83 bits per heavy atom. The number of furan rings is 1. The number of ether oxygens (including phenoxy) is 1. The Bertz CT molecular complexity index is 864. The Morgan fingerprint density at radius 1 is 1.31 bits per heavy atom. The minimum absolute atomic E-state index is 0.185. The Hall–Kier alpha value is -2.76. The summed E-state index contributed by atoms with van der Waals surface area (Å²) in [7, 11) is 0. The molecule has 1 aliphatic rings. The Labute approximate surface area is 171 Å². The summed E-state index contributed by atoms with van der Waals surface area (Å²) in [5, 5.41) is 2.99. The van der Waals surface area contributed by atoms with Crippen molar-refractivity contribution in [2.24, 2.45) is 5.92 Å². The topological polar surface area (TPSA) is 73.5 Å². The molecule has 1 amide bonds. The number of hydrogen-bond donors (Lipinski definition) is 1. The van der Waals surface area contributed by atoms with Gasteiger partial charge in [0.1, 0.15) is 5.76 Å². The van der Waals surface area contributed by atoms with Crippen LogP contribution in [0.15, 0.2) is 35.0 Å². The third-order valence-electron chi connectivity index (χ3n) is 5.71. The number of aromatic nitrogens is 1. The standard InChI is InChI=1S/C23H30N2O4/c1-16-7-4-5-9-21(16)24-22(26)15-29-23(27)11-10-19-13-17(2)25(18(19)3)14-20-8-6-12-28-20/h6,8,10-13,16,21H,4-5,7,9,14-15H2,1-3H3,(H,24,26)/b11-10+/t16-,21+/m1/s1. The van der Waals surface area contributed by atoms with E-state index in [2.05, 4.69) is 16.8 Å². The SMILES string of the molecule is Cc1cc(/C=C/C(=O)OCC(=O)N[C@H]2CCCC[C@H]2C)c(C)n1Cc1ccco1. The van der Waals surface area contributed by atoms with Crippen LogP contribution < -0.4 is 5.32 Å². The molecule has 1 fully saturated rings. The minimum atomic E-state index is -0.521. The normalized spacial score (nSPS) is 19.4. The van der Waals surface area contributed by atoms with Crippen LogP contribution in [0.3, 0.4) is 0 Å². The highest BCUT2D eigenvalue weighted by Gasteiger charge is 2.23. The molecule has 156 valence electrons. The van der Waals surface area contributed by atoms with Crippen molar-refractivity contribution in [2.45, 2.75) is 59.0 Å². The van der Waals surface area contributed by atoms with Gasteiger partial charge in [0.2, 0.25) is 0 Å². The summed E-state index contributed by atoms with van der Waals surface area (Å²) in [5.41, 5.74) is 3.05. The third kappa shape index (κ3) is 5.62. The molecule has 0 radical (unpaired) electrons. The van der Waals surface area contributed by atoms with Crippen LogP contribution in [0.5, 0.6) is 0 Å². The molecular formula is C23H30N2O4. The number of esters is 1. The highest BCUT2D eigenvalue weighted by atomic mass is 16.5. The van der Waals surface area contributed by atoms with Gasteiger partial charge in [0.15, 0.2) is 6.61 Å². The van der Waals surface area contributed by atoms with Crippen LogP contribution in [0.2, 0.25) is 0 Å². The van der Waals surface area contributed by atoms with Crippen LogP contribution in [-0.2, 0) is 20.9 Å². The van der Waals surface area contributed by atoms with Crippen LogP contribution in [0.4, 0.5) is 0 Å². The Kier molecular flexibility index (Phi) is 6.96. The maximum Gasteiger partial charge on any atom is 0.331 e. The summed E-state index contributed by atoms with van der Waals surface area (Å²) in [5.74, 6) is 0.592. The highest BCUT2D eigenvalue weighted by molar-refractivity contribution is 5.89. The molecule has 2 aromatic heterocycles. The number of hydrogen-bond acceptors (Lipinski definition) is 4. The van der Waals surface area contributed by atoms with Gasteiger partial charge in [-0.05, 0) is 62.4 Å². The molecule has 1 saturated carbocycles. The first-order valence-electron chi connectivity index (χ1n) is 10.3. The number of nitrogens with one attached hydrogen (secondary N) is 1. The van der Waals surface area contributed by atoms with Gasteiger partial charge in [-0.15, -0.1) is 0 Å². The largest absolute Gasteiger partial charge is 0.467 e. The highest BCUT2D eigenvalue weighted by Crippen LogP contribution is 2.23. The van der Waals surface area contributed by atoms with Crippen molar-refractivity contribution in [3.8, 4) is 0 Å². The van der Waals surface area contributed by atoms with Crippen LogP contribution in [0.1, 0.15) is 55.3 Å². The van der Waals surface area contributed by atoms with E-state index in [0.717, 1.165) is 42.0 Å². The molecule has 6 nitrogen and oxygen atoms in total. The van der Waals surface area contributed by atoms with Gasteiger partial charge >= 0.3 is 5.97 Å². The van der Waals surface area contributed by atoms with Crippen molar-refractivity contribution in [1.82, 2.24) is 9.88 Å². The summed E-state index contributed by atoms with van der Waals surface area (Å²) in [6.07, 6.45) is 9.23. The maximum absolute atomic E-state index is 12.1. The van der Waals surface area contributed by atoms with Gasteiger partial charge in [0.25, 0.3) is 5.91 Å². The van der Waals surface area contributed by atoms with Crippen LogP contribution >= 0.6 is 0 Å². The third-order valence-corrected chi connectivity index (χ3v) is 5.71. The Morgan fingerprint density at radius 2 is 2.10 bits per heavy atom. The van der Waals surface area contributed by atoms with E-state index in [1.54, 1.807) is 12.3 Å². The molecule has 2 atom stereocenters. The molecule has 6 heteroatoms. The van der Waals surface area contributed by atoms with E-state index >= 15 is 0 Å². The van der Waals surface area contributed by atoms with Gasteiger partial charge in [-0.1, -0.05) is 19.8 Å². The van der Waals surface area contributed by atoms with Crippen molar-refractivity contribution in [3.05, 3.63) is 53.2 Å². The molecule has 0 unspecified atom stereocenters. The number of aryl methyl sites for hydroxylation is 1. The van der Waals surface area contributed by atoms with Gasteiger partial charge < -0.3 is 19.0 Å².